The van der Waals surface area contributed by atoms with Gasteiger partial charge in [0.15, 0.2) is 0 Å². The summed E-state index contributed by atoms with van der Waals surface area (Å²) in [5.41, 5.74) is 0.576. The number of hydrogen-bond acceptors (Lipinski definition) is 6. The molecule has 37 heavy (non-hydrogen) atoms. The molecular weight excluding hydrogens is 564 g/mol. The Morgan fingerprint density at radius 3 is 2.65 bits per heavy atom. The molecule has 0 aromatic heterocycles. The molecular formula is C27H28BrClN2O6. The van der Waals surface area contributed by atoms with E-state index in [1.54, 1.807) is 43.3 Å². The molecule has 3 fully saturated rings. The fourth-order valence-corrected chi connectivity index (χ4v) is 7.43. The lowest BCUT2D eigenvalue weighted by Crippen LogP contribution is -2.55. The zero-order valence-electron chi connectivity index (χ0n) is 20.4. The third-order valence-corrected chi connectivity index (χ3v) is 8.86. The normalized spacial score (nSPS) is 30.8. The first-order chi connectivity index (χ1) is 17.7. The number of aliphatic hydroxyl groups is 1. The van der Waals surface area contributed by atoms with Crippen molar-refractivity contribution < 1.29 is 29.0 Å². The van der Waals surface area contributed by atoms with Crippen molar-refractivity contribution in [2.75, 3.05) is 18.5 Å². The van der Waals surface area contributed by atoms with Crippen LogP contribution in [0.1, 0.15) is 30.5 Å². The summed E-state index contributed by atoms with van der Waals surface area (Å²) in [5, 5.41) is 13.8. The summed E-state index contributed by atoms with van der Waals surface area (Å²) in [5.74, 6) is -3.24. The molecule has 0 aliphatic carbocycles. The van der Waals surface area contributed by atoms with E-state index in [0.717, 1.165) is 5.56 Å². The van der Waals surface area contributed by atoms with Crippen molar-refractivity contribution in [3.05, 3.63) is 64.7 Å². The number of fused-ring (bicyclic) bond motifs is 1. The summed E-state index contributed by atoms with van der Waals surface area (Å²) in [6.07, 6.45) is -0.274. The quantitative estimate of drug-likeness (QED) is 0.376. The van der Waals surface area contributed by atoms with Gasteiger partial charge in [-0.25, -0.2) is 0 Å². The Morgan fingerprint density at radius 1 is 1.27 bits per heavy atom. The predicted octanol–water partition coefficient (Wildman–Crippen LogP) is 3.63. The van der Waals surface area contributed by atoms with Gasteiger partial charge in [0.1, 0.15) is 11.6 Å². The monoisotopic (exact) mass is 590 g/mol. The minimum absolute atomic E-state index is 0.158. The highest BCUT2D eigenvalue weighted by Gasteiger charge is 2.77. The molecule has 2 amide bonds. The average molecular weight is 592 g/mol. The molecule has 3 saturated heterocycles. The molecule has 3 heterocycles. The van der Waals surface area contributed by atoms with Gasteiger partial charge >= 0.3 is 5.97 Å². The second-order valence-corrected chi connectivity index (χ2v) is 11.3. The molecule has 2 aromatic rings. The van der Waals surface area contributed by atoms with E-state index >= 15 is 0 Å². The molecule has 10 heteroatoms. The maximum absolute atomic E-state index is 14.2. The van der Waals surface area contributed by atoms with Crippen molar-refractivity contribution in [1.29, 1.82) is 0 Å². The van der Waals surface area contributed by atoms with Gasteiger partial charge in [-0.15, -0.1) is 0 Å². The van der Waals surface area contributed by atoms with Gasteiger partial charge in [-0.2, -0.15) is 0 Å². The molecule has 5 rings (SSSR count). The van der Waals surface area contributed by atoms with Gasteiger partial charge in [0, 0.05) is 4.83 Å². The number of halogens is 2. The molecule has 8 nitrogen and oxygen atoms in total. The number of esters is 1. The van der Waals surface area contributed by atoms with Crippen molar-refractivity contribution in [3.8, 4) is 0 Å². The first-order valence-electron chi connectivity index (χ1n) is 12.3. The zero-order valence-corrected chi connectivity index (χ0v) is 22.7. The standard InChI is InChI=1S/C27H28BrClN2O6/c1-3-36-26(35)19-20-25(34)31(18(13-32)15-9-5-4-6-10-15)23(27(20)12-16(28)22(19)37-27)24(33)30-21-14(2)8-7-11-17(21)29/h4-11,16,18-20,22-23,32H,3,12-13H2,1-2H3,(H,30,33)/t16?,18-,19-,20+,22-,23?,27?/m1/s1. The number of amides is 2. The molecule has 7 atom stereocenters. The smallest absolute Gasteiger partial charge is 0.312 e. The third-order valence-electron chi connectivity index (χ3n) is 7.70. The molecule has 0 saturated carbocycles. The molecule has 3 unspecified atom stereocenters. The lowest BCUT2D eigenvalue weighted by Gasteiger charge is -2.37. The molecule has 3 aliphatic heterocycles. The van der Waals surface area contributed by atoms with Crippen LogP contribution in [-0.2, 0) is 23.9 Å². The van der Waals surface area contributed by atoms with Crippen LogP contribution in [0.25, 0.3) is 0 Å². The fraction of sp³-hybridized carbons (Fsp3) is 0.444. The van der Waals surface area contributed by atoms with E-state index in [-0.39, 0.29) is 11.4 Å². The Labute approximate surface area is 228 Å². The van der Waals surface area contributed by atoms with Gasteiger partial charge in [-0.3, -0.25) is 14.4 Å². The van der Waals surface area contributed by atoms with Gasteiger partial charge in [-0.05, 0) is 37.5 Å². The summed E-state index contributed by atoms with van der Waals surface area (Å²) in [4.78, 5) is 42.5. The molecule has 1 spiro atoms. The number of carbonyl (C=O) groups is 3. The van der Waals surface area contributed by atoms with Gasteiger partial charge in [0.2, 0.25) is 11.8 Å². The number of para-hydroxylation sites is 1. The number of nitrogens with zero attached hydrogens (tertiary/aromatic N) is 1. The van der Waals surface area contributed by atoms with Gasteiger partial charge in [-0.1, -0.05) is 70.0 Å². The number of rotatable bonds is 7. The second-order valence-electron chi connectivity index (χ2n) is 9.69. The van der Waals surface area contributed by atoms with E-state index < -0.39 is 60.0 Å². The number of benzene rings is 2. The Bertz CT molecular complexity index is 1210. The lowest BCUT2D eigenvalue weighted by atomic mass is 9.70. The SMILES string of the molecule is CCOC(=O)[C@H]1[C@@H]2OC3(CC2Br)C(C(=O)Nc2c(C)cccc2Cl)N([C@H](CO)c2ccccc2)C(=O)[C@H]13. The van der Waals surface area contributed by atoms with Crippen molar-refractivity contribution >= 4 is 51.0 Å². The Morgan fingerprint density at radius 2 is 2.00 bits per heavy atom. The van der Waals surface area contributed by atoms with E-state index in [4.69, 9.17) is 21.1 Å². The summed E-state index contributed by atoms with van der Waals surface area (Å²) in [7, 11) is 0. The number of carbonyl (C=O) groups excluding carboxylic acids is 3. The minimum atomic E-state index is -1.28. The highest BCUT2D eigenvalue weighted by Crippen LogP contribution is 2.61. The second kappa shape index (κ2) is 10.0. The zero-order chi connectivity index (χ0) is 26.5. The number of aryl methyl sites for hydroxylation is 1. The molecule has 3 aliphatic rings. The molecule has 2 N–H and O–H groups in total. The summed E-state index contributed by atoms with van der Waals surface area (Å²) < 4.78 is 11.8. The van der Waals surface area contributed by atoms with Crippen LogP contribution in [0.15, 0.2) is 48.5 Å². The van der Waals surface area contributed by atoms with E-state index in [1.165, 1.54) is 4.90 Å². The van der Waals surface area contributed by atoms with Crippen molar-refractivity contribution in [3.63, 3.8) is 0 Å². The Hall–Kier alpha value is -2.46. The maximum Gasteiger partial charge on any atom is 0.312 e. The summed E-state index contributed by atoms with van der Waals surface area (Å²) in [6.45, 7) is 3.27. The van der Waals surface area contributed by atoms with Crippen LogP contribution in [0.4, 0.5) is 5.69 Å². The van der Waals surface area contributed by atoms with Crippen molar-refractivity contribution in [1.82, 2.24) is 4.90 Å². The van der Waals surface area contributed by atoms with Crippen molar-refractivity contribution in [2.45, 2.75) is 48.9 Å². The number of alkyl halides is 1. The number of ether oxygens (including phenoxy) is 2. The van der Waals surface area contributed by atoms with Crippen LogP contribution >= 0.6 is 27.5 Å². The van der Waals surface area contributed by atoms with E-state index in [2.05, 4.69) is 21.2 Å². The fourth-order valence-electron chi connectivity index (χ4n) is 6.22. The van der Waals surface area contributed by atoms with E-state index in [9.17, 15) is 19.5 Å². The predicted molar refractivity (Wildman–Crippen MR) is 140 cm³/mol. The summed E-state index contributed by atoms with van der Waals surface area (Å²) >= 11 is 10.0. The van der Waals surface area contributed by atoms with Crippen LogP contribution < -0.4 is 5.32 Å². The van der Waals surface area contributed by atoms with E-state index in [0.29, 0.717) is 22.7 Å². The average Bonchev–Trinajstić information content (AvgIpc) is 3.46. The maximum atomic E-state index is 14.2. The number of anilines is 1. The number of aliphatic hydroxyl groups excluding tert-OH is 1. The lowest BCUT2D eigenvalue weighted by molar-refractivity contribution is -0.155. The molecule has 2 bridgehead atoms. The van der Waals surface area contributed by atoms with Gasteiger partial charge in [0.25, 0.3) is 0 Å². The first-order valence-corrected chi connectivity index (χ1v) is 13.6. The van der Waals surface area contributed by atoms with Crippen LogP contribution in [0, 0.1) is 18.8 Å². The first kappa shape index (κ1) is 26.2. The van der Waals surface area contributed by atoms with Crippen molar-refractivity contribution in [2.24, 2.45) is 11.8 Å². The largest absolute Gasteiger partial charge is 0.466 e. The molecule has 0 radical (unpaired) electrons. The molecule has 196 valence electrons. The number of likely N-dealkylation sites (tertiary alicyclic amines) is 1. The Balaban J connectivity index is 1.63. The van der Waals surface area contributed by atoms with Crippen LogP contribution in [0.2, 0.25) is 5.02 Å². The van der Waals surface area contributed by atoms with E-state index in [1.807, 2.05) is 19.1 Å². The topological polar surface area (TPSA) is 105 Å². The highest BCUT2D eigenvalue weighted by atomic mass is 79.9. The number of nitrogens with one attached hydrogen (secondary N) is 1. The van der Waals surface area contributed by atoms with Crippen LogP contribution in [0.5, 0.6) is 0 Å². The third kappa shape index (κ3) is 4.07. The van der Waals surface area contributed by atoms with Crippen LogP contribution in [-0.4, -0.2) is 63.6 Å². The molecule has 2 aromatic carbocycles. The number of hydrogen-bond donors (Lipinski definition) is 2. The van der Waals surface area contributed by atoms with Gasteiger partial charge < -0.3 is 24.8 Å². The summed E-state index contributed by atoms with van der Waals surface area (Å²) in [6, 6.07) is 12.4. The Kier molecular flexibility index (Phi) is 7.08. The van der Waals surface area contributed by atoms with Gasteiger partial charge in [0.05, 0.1) is 47.9 Å². The minimum Gasteiger partial charge on any atom is -0.466 e. The highest BCUT2D eigenvalue weighted by molar-refractivity contribution is 9.09. The van der Waals surface area contributed by atoms with Crippen LogP contribution in [0.3, 0.4) is 0 Å².